The van der Waals surface area contributed by atoms with Crippen LogP contribution in [0.2, 0.25) is 0 Å². The van der Waals surface area contributed by atoms with E-state index in [1.165, 1.54) is 5.56 Å². The van der Waals surface area contributed by atoms with Crippen LogP contribution in [0.5, 0.6) is 11.5 Å². The number of amides is 1. The van der Waals surface area contributed by atoms with Gasteiger partial charge in [-0.05, 0) is 35.2 Å². The van der Waals surface area contributed by atoms with E-state index in [9.17, 15) is 4.79 Å². The van der Waals surface area contributed by atoms with Crippen molar-refractivity contribution in [3.8, 4) is 11.5 Å². The zero-order chi connectivity index (χ0) is 20.2. The first-order valence-corrected chi connectivity index (χ1v) is 10.1. The molecule has 0 aliphatic carbocycles. The van der Waals surface area contributed by atoms with Crippen molar-refractivity contribution in [2.45, 2.75) is 24.9 Å². The minimum Gasteiger partial charge on any atom is -0.493 e. The topological polar surface area (TPSA) is 60.0 Å². The predicted molar refractivity (Wildman–Crippen MR) is 110 cm³/mol. The van der Waals surface area contributed by atoms with E-state index in [1.807, 2.05) is 35.2 Å². The lowest BCUT2D eigenvalue weighted by Gasteiger charge is -2.39. The van der Waals surface area contributed by atoms with E-state index in [4.69, 9.17) is 14.2 Å². The molecule has 154 valence electrons. The Hall–Kier alpha value is -2.57. The van der Waals surface area contributed by atoms with Gasteiger partial charge in [-0.2, -0.15) is 0 Å². The van der Waals surface area contributed by atoms with E-state index in [2.05, 4.69) is 17.4 Å². The van der Waals surface area contributed by atoms with Gasteiger partial charge in [-0.1, -0.05) is 30.3 Å². The lowest BCUT2D eigenvalue weighted by Crippen LogP contribution is -2.47. The molecule has 2 aromatic carbocycles. The Morgan fingerprint density at radius 1 is 1.17 bits per heavy atom. The lowest BCUT2D eigenvalue weighted by atomic mass is 9.87. The molecule has 6 heteroatoms. The molecule has 0 aromatic heterocycles. The van der Waals surface area contributed by atoms with Crippen LogP contribution in [0.4, 0.5) is 0 Å². The van der Waals surface area contributed by atoms with Crippen LogP contribution in [0.25, 0.3) is 0 Å². The van der Waals surface area contributed by atoms with Crippen molar-refractivity contribution in [2.75, 3.05) is 40.5 Å². The van der Waals surface area contributed by atoms with Crippen LogP contribution in [-0.4, -0.2) is 57.4 Å². The third-order valence-corrected chi connectivity index (χ3v) is 5.73. The molecule has 1 N–H and O–H groups in total. The summed E-state index contributed by atoms with van der Waals surface area (Å²) in [6, 6.07) is 14.2. The molecule has 2 heterocycles. The molecule has 6 nitrogen and oxygen atoms in total. The first kappa shape index (κ1) is 19.7. The van der Waals surface area contributed by atoms with Gasteiger partial charge in [-0.3, -0.25) is 4.79 Å². The van der Waals surface area contributed by atoms with Crippen LogP contribution in [0.3, 0.4) is 0 Å². The normalized spacial score (nSPS) is 21.4. The number of nitrogens with zero attached hydrogens (tertiary/aromatic N) is 1. The highest BCUT2D eigenvalue weighted by Crippen LogP contribution is 2.41. The van der Waals surface area contributed by atoms with Crippen LogP contribution in [0.15, 0.2) is 42.5 Å². The number of hydrogen-bond acceptors (Lipinski definition) is 5. The minimum absolute atomic E-state index is 0.0690. The molecule has 4 rings (SSSR count). The van der Waals surface area contributed by atoms with Gasteiger partial charge in [0.15, 0.2) is 11.5 Å². The summed E-state index contributed by atoms with van der Waals surface area (Å²) in [6.45, 7) is 2.75. The van der Waals surface area contributed by atoms with Gasteiger partial charge in [0.25, 0.3) is 0 Å². The number of morpholine rings is 1. The van der Waals surface area contributed by atoms with Gasteiger partial charge in [-0.15, -0.1) is 0 Å². The van der Waals surface area contributed by atoms with E-state index < -0.39 is 0 Å². The number of nitrogens with one attached hydrogen (secondary N) is 1. The van der Waals surface area contributed by atoms with Crippen LogP contribution < -0.4 is 14.8 Å². The third kappa shape index (κ3) is 4.09. The van der Waals surface area contributed by atoms with Gasteiger partial charge in [0.2, 0.25) is 5.91 Å². The Labute approximate surface area is 171 Å². The Morgan fingerprint density at radius 2 is 1.93 bits per heavy atom. The maximum absolute atomic E-state index is 13.3. The summed E-state index contributed by atoms with van der Waals surface area (Å²) >= 11 is 0. The van der Waals surface area contributed by atoms with E-state index >= 15 is 0 Å². The number of ether oxygens (including phenoxy) is 3. The summed E-state index contributed by atoms with van der Waals surface area (Å²) in [5.74, 6) is 1.55. The molecule has 2 atom stereocenters. The van der Waals surface area contributed by atoms with Crippen LogP contribution in [0, 0.1) is 0 Å². The Morgan fingerprint density at radius 3 is 2.62 bits per heavy atom. The van der Waals surface area contributed by atoms with E-state index in [1.54, 1.807) is 14.2 Å². The van der Waals surface area contributed by atoms with Crippen molar-refractivity contribution >= 4 is 5.91 Å². The van der Waals surface area contributed by atoms with E-state index in [0.29, 0.717) is 31.9 Å². The fourth-order valence-electron chi connectivity index (χ4n) is 4.29. The zero-order valence-electron chi connectivity index (χ0n) is 17.0. The van der Waals surface area contributed by atoms with Crippen molar-refractivity contribution in [2.24, 2.45) is 0 Å². The van der Waals surface area contributed by atoms with Gasteiger partial charge in [0.05, 0.1) is 33.5 Å². The molecule has 2 aromatic rings. The highest BCUT2D eigenvalue weighted by Gasteiger charge is 2.34. The largest absolute Gasteiger partial charge is 0.493 e. The summed E-state index contributed by atoms with van der Waals surface area (Å²) in [5.41, 5.74) is 3.39. The van der Waals surface area contributed by atoms with Crippen molar-refractivity contribution in [1.82, 2.24) is 10.2 Å². The van der Waals surface area contributed by atoms with Crippen molar-refractivity contribution in [3.05, 3.63) is 59.2 Å². The molecule has 29 heavy (non-hydrogen) atoms. The zero-order valence-corrected chi connectivity index (χ0v) is 17.0. The molecule has 0 saturated carbocycles. The van der Waals surface area contributed by atoms with Crippen LogP contribution in [0.1, 0.15) is 29.2 Å². The SMILES string of the molecule is COc1cc2c(cc1OC)C(c1ccccc1)N(C(=O)CC1COCCN1)CC2. The second-order valence-electron chi connectivity index (χ2n) is 7.49. The van der Waals surface area contributed by atoms with Gasteiger partial charge in [0, 0.05) is 25.6 Å². The quantitative estimate of drug-likeness (QED) is 0.842. The fraction of sp³-hybridized carbons (Fsp3) is 0.435. The summed E-state index contributed by atoms with van der Waals surface area (Å²) < 4.78 is 16.6. The molecule has 0 bridgehead atoms. The third-order valence-electron chi connectivity index (χ3n) is 5.73. The van der Waals surface area contributed by atoms with Gasteiger partial charge in [0.1, 0.15) is 0 Å². The minimum atomic E-state index is -0.142. The standard InChI is InChI=1S/C23H28N2O4/c1-27-20-12-17-8-10-25(22(26)13-18-15-29-11-9-24-18)23(16-6-4-3-5-7-16)19(17)14-21(20)28-2/h3-7,12,14,18,23-24H,8-11,13,15H2,1-2H3. The molecule has 0 spiro atoms. The van der Waals surface area contributed by atoms with E-state index in [-0.39, 0.29) is 18.0 Å². The predicted octanol–water partition coefficient (Wildman–Crippen LogP) is 2.56. The molecule has 1 fully saturated rings. The first-order chi connectivity index (χ1) is 14.2. The highest BCUT2D eigenvalue weighted by atomic mass is 16.5. The lowest BCUT2D eigenvalue weighted by molar-refractivity contribution is -0.134. The number of hydrogen-bond donors (Lipinski definition) is 1. The van der Waals surface area contributed by atoms with E-state index in [0.717, 1.165) is 29.8 Å². The van der Waals surface area contributed by atoms with Crippen molar-refractivity contribution in [3.63, 3.8) is 0 Å². The maximum atomic E-state index is 13.3. The molecule has 1 amide bonds. The number of carbonyl (C=O) groups excluding carboxylic acids is 1. The Kier molecular flexibility index (Phi) is 6.02. The van der Waals surface area contributed by atoms with Crippen LogP contribution in [-0.2, 0) is 16.0 Å². The summed E-state index contributed by atoms with van der Waals surface area (Å²) in [4.78, 5) is 15.3. The monoisotopic (exact) mass is 396 g/mol. The van der Waals surface area contributed by atoms with Crippen molar-refractivity contribution < 1.29 is 19.0 Å². The highest BCUT2D eigenvalue weighted by molar-refractivity contribution is 5.78. The first-order valence-electron chi connectivity index (χ1n) is 10.1. The molecule has 2 unspecified atom stereocenters. The number of carbonyl (C=O) groups is 1. The molecular weight excluding hydrogens is 368 g/mol. The molecule has 2 aliphatic rings. The van der Waals surface area contributed by atoms with Gasteiger partial charge in [-0.25, -0.2) is 0 Å². The average Bonchev–Trinajstić information content (AvgIpc) is 2.78. The van der Waals surface area contributed by atoms with Gasteiger partial charge >= 0.3 is 0 Å². The average molecular weight is 396 g/mol. The summed E-state index contributed by atoms with van der Waals surface area (Å²) in [7, 11) is 3.29. The maximum Gasteiger partial charge on any atom is 0.225 e. The smallest absolute Gasteiger partial charge is 0.225 e. The number of benzene rings is 2. The molecule has 0 radical (unpaired) electrons. The van der Waals surface area contributed by atoms with Crippen molar-refractivity contribution in [1.29, 1.82) is 0 Å². The van der Waals surface area contributed by atoms with Gasteiger partial charge < -0.3 is 24.4 Å². The Balaban J connectivity index is 1.70. The Bertz CT molecular complexity index is 849. The second kappa shape index (κ2) is 8.84. The number of methoxy groups -OCH3 is 2. The summed E-state index contributed by atoms with van der Waals surface area (Å²) in [5, 5.41) is 3.39. The number of fused-ring (bicyclic) bond motifs is 1. The van der Waals surface area contributed by atoms with Crippen LogP contribution >= 0.6 is 0 Å². The number of rotatable bonds is 5. The molecular formula is C23H28N2O4. The summed E-state index contributed by atoms with van der Waals surface area (Å²) in [6.07, 6.45) is 1.23. The fourth-order valence-corrected chi connectivity index (χ4v) is 4.29. The second-order valence-corrected chi connectivity index (χ2v) is 7.49. The molecule has 1 saturated heterocycles. The molecule has 2 aliphatic heterocycles.